The molecule has 0 saturated heterocycles. The quantitative estimate of drug-likeness (QED) is 0.522. The van der Waals surface area contributed by atoms with Crippen LogP contribution >= 0.6 is 0 Å². The molecule has 0 aliphatic rings. The highest BCUT2D eigenvalue weighted by Gasteiger charge is 2.19. The molecule has 6 nitrogen and oxygen atoms in total. The number of carbonyl (C=O) groups excluding carboxylic acids is 1. The summed E-state index contributed by atoms with van der Waals surface area (Å²) in [6.45, 7) is -0.389. The number of nitrogens with zero attached hydrogens (tertiary/aromatic N) is 1. The van der Waals surface area contributed by atoms with Gasteiger partial charge in [-0.1, -0.05) is 6.07 Å². The average molecular weight is 241 g/mol. The summed E-state index contributed by atoms with van der Waals surface area (Å²) in [6.07, 6.45) is 0. The van der Waals surface area contributed by atoms with Crippen LogP contribution in [-0.4, -0.2) is 57.5 Å². The third-order valence-corrected chi connectivity index (χ3v) is 2.27. The lowest BCUT2D eigenvalue weighted by Gasteiger charge is -2.21. The number of hydrogen-bond acceptors (Lipinski definition) is 5. The molecule has 0 bridgehead atoms. The van der Waals surface area contributed by atoms with Crippen LogP contribution in [0.1, 0.15) is 10.4 Å². The lowest BCUT2D eigenvalue weighted by atomic mass is 10.1. The van der Waals surface area contributed by atoms with E-state index in [9.17, 15) is 15.0 Å². The molecule has 17 heavy (non-hydrogen) atoms. The van der Waals surface area contributed by atoms with Gasteiger partial charge >= 0.3 is 0 Å². The van der Waals surface area contributed by atoms with Crippen molar-refractivity contribution in [3.63, 3.8) is 0 Å². The minimum atomic E-state index is -0.554. The Labute approximate surface area is 98.4 Å². The first-order valence-corrected chi connectivity index (χ1v) is 5.13. The number of aromatic hydroxyl groups is 2. The van der Waals surface area contributed by atoms with Gasteiger partial charge in [-0.05, 0) is 12.1 Å². The molecule has 1 rings (SSSR count). The Kier molecular flexibility index (Phi) is 4.74. The maximum absolute atomic E-state index is 11.9. The highest BCUT2D eigenvalue weighted by molar-refractivity contribution is 5.97. The van der Waals surface area contributed by atoms with E-state index in [1.807, 2.05) is 0 Å². The molecule has 1 amide bonds. The third-order valence-electron chi connectivity index (χ3n) is 2.27. The SMILES string of the molecule is O=C(c1cccc(O)c1O)N(CCO)CCO. The van der Waals surface area contributed by atoms with Gasteiger partial charge in [-0.25, -0.2) is 0 Å². The minimum absolute atomic E-state index is 0.0501. The van der Waals surface area contributed by atoms with Gasteiger partial charge in [0.2, 0.25) is 0 Å². The number of amides is 1. The second-order valence-electron chi connectivity index (χ2n) is 3.41. The summed E-state index contributed by atoms with van der Waals surface area (Å²) in [4.78, 5) is 13.1. The van der Waals surface area contributed by atoms with E-state index in [0.29, 0.717) is 0 Å². The lowest BCUT2D eigenvalue weighted by molar-refractivity contribution is 0.0681. The molecule has 0 radical (unpaired) electrons. The molecular weight excluding hydrogens is 226 g/mol. The van der Waals surface area contributed by atoms with Crippen LogP contribution in [0.15, 0.2) is 18.2 Å². The van der Waals surface area contributed by atoms with Gasteiger partial charge in [-0.3, -0.25) is 4.79 Å². The predicted molar refractivity (Wildman–Crippen MR) is 59.8 cm³/mol. The topological polar surface area (TPSA) is 101 Å². The van der Waals surface area contributed by atoms with Crippen molar-refractivity contribution in [3.8, 4) is 11.5 Å². The third kappa shape index (κ3) is 3.08. The number of aliphatic hydroxyl groups is 2. The van der Waals surface area contributed by atoms with E-state index in [1.54, 1.807) is 0 Å². The van der Waals surface area contributed by atoms with Gasteiger partial charge in [0.15, 0.2) is 11.5 Å². The Balaban J connectivity index is 2.96. The number of para-hydroxylation sites is 1. The van der Waals surface area contributed by atoms with Gasteiger partial charge in [-0.15, -0.1) is 0 Å². The normalized spacial score (nSPS) is 10.2. The first kappa shape index (κ1) is 13.3. The molecule has 0 aliphatic carbocycles. The van der Waals surface area contributed by atoms with Crippen LogP contribution in [0, 0.1) is 0 Å². The monoisotopic (exact) mass is 241 g/mol. The number of hydrogen-bond donors (Lipinski definition) is 4. The summed E-state index contributed by atoms with van der Waals surface area (Å²) in [5.74, 6) is -1.44. The molecule has 0 atom stereocenters. The first-order chi connectivity index (χ1) is 8.11. The molecule has 0 aliphatic heterocycles. The number of phenolic OH excluding ortho intramolecular Hbond substituents is 2. The smallest absolute Gasteiger partial charge is 0.257 e. The number of carbonyl (C=O) groups is 1. The zero-order chi connectivity index (χ0) is 12.8. The van der Waals surface area contributed by atoms with Gasteiger partial charge in [0.1, 0.15) is 0 Å². The van der Waals surface area contributed by atoms with Crippen LogP contribution in [-0.2, 0) is 0 Å². The van der Waals surface area contributed by atoms with Crippen molar-refractivity contribution in [2.45, 2.75) is 0 Å². The Hall–Kier alpha value is -1.79. The van der Waals surface area contributed by atoms with Crippen molar-refractivity contribution in [1.29, 1.82) is 0 Å². The van der Waals surface area contributed by atoms with Crippen LogP contribution in [0.3, 0.4) is 0 Å². The molecule has 4 N–H and O–H groups in total. The number of phenols is 2. The van der Waals surface area contributed by atoms with E-state index in [0.717, 1.165) is 0 Å². The zero-order valence-corrected chi connectivity index (χ0v) is 9.20. The van der Waals surface area contributed by atoms with E-state index in [1.165, 1.54) is 23.1 Å². The van der Waals surface area contributed by atoms with Crippen molar-refractivity contribution in [1.82, 2.24) is 4.90 Å². The van der Waals surface area contributed by atoms with Crippen LogP contribution in [0.25, 0.3) is 0 Å². The average Bonchev–Trinajstić information content (AvgIpc) is 2.31. The van der Waals surface area contributed by atoms with Crippen molar-refractivity contribution in [2.75, 3.05) is 26.3 Å². The highest BCUT2D eigenvalue weighted by Crippen LogP contribution is 2.28. The van der Waals surface area contributed by atoms with Crippen molar-refractivity contribution >= 4 is 5.91 Å². The molecular formula is C11H15NO5. The molecule has 0 spiro atoms. The van der Waals surface area contributed by atoms with Crippen molar-refractivity contribution < 1.29 is 25.2 Å². The molecule has 0 heterocycles. The van der Waals surface area contributed by atoms with E-state index in [4.69, 9.17) is 10.2 Å². The summed E-state index contributed by atoms with van der Waals surface area (Å²) in [5.41, 5.74) is -0.0631. The van der Waals surface area contributed by atoms with Gasteiger partial charge < -0.3 is 25.3 Å². The van der Waals surface area contributed by atoms with Crippen molar-refractivity contribution in [3.05, 3.63) is 23.8 Å². The number of rotatable bonds is 5. The maximum Gasteiger partial charge on any atom is 0.257 e. The highest BCUT2D eigenvalue weighted by atomic mass is 16.3. The van der Waals surface area contributed by atoms with E-state index >= 15 is 0 Å². The maximum atomic E-state index is 11.9. The molecule has 1 aromatic rings. The molecule has 0 unspecified atom stereocenters. The standard InChI is InChI=1S/C11H15NO5/c13-6-4-12(5-7-14)11(17)8-2-1-3-9(15)10(8)16/h1-3,13-16H,4-7H2. The summed E-state index contributed by atoms with van der Waals surface area (Å²) in [5, 5.41) is 36.4. The van der Waals surface area contributed by atoms with Crippen LogP contribution in [0.2, 0.25) is 0 Å². The van der Waals surface area contributed by atoms with Crippen LogP contribution in [0.4, 0.5) is 0 Å². The van der Waals surface area contributed by atoms with Crippen molar-refractivity contribution in [2.24, 2.45) is 0 Å². The van der Waals surface area contributed by atoms with Gasteiger partial charge in [-0.2, -0.15) is 0 Å². The fourth-order valence-corrected chi connectivity index (χ4v) is 1.43. The molecule has 0 saturated carbocycles. The predicted octanol–water partition coefficient (Wildman–Crippen LogP) is -0.475. The first-order valence-electron chi connectivity index (χ1n) is 5.13. The fraction of sp³-hybridized carbons (Fsp3) is 0.364. The summed E-state index contributed by atoms with van der Waals surface area (Å²) in [6, 6.07) is 4.05. The molecule has 0 aromatic heterocycles. The van der Waals surface area contributed by atoms with Crippen LogP contribution in [0.5, 0.6) is 11.5 Å². The lowest BCUT2D eigenvalue weighted by Crippen LogP contribution is -2.35. The summed E-state index contributed by atoms with van der Waals surface area (Å²) < 4.78 is 0. The van der Waals surface area contributed by atoms with Gasteiger partial charge in [0.25, 0.3) is 5.91 Å². The molecule has 94 valence electrons. The second-order valence-corrected chi connectivity index (χ2v) is 3.41. The largest absolute Gasteiger partial charge is 0.504 e. The Morgan fingerprint density at radius 2 is 1.71 bits per heavy atom. The Morgan fingerprint density at radius 1 is 1.12 bits per heavy atom. The summed E-state index contributed by atoms with van der Waals surface area (Å²) >= 11 is 0. The molecule has 1 aromatic carbocycles. The minimum Gasteiger partial charge on any atom is -0.504 e. The summed E-state index contributed by atoms with van der Waals surface area (Å²) in [7, 11) is 0. The fourth-order valence-electron chi connectivity index (χ4n) is 1.43. The Bertz CT molecular complexity index is 387. The number of benzene rings is 1. The van der Waals surface area contributed by atoms with E-state index in [-0.39, 0.29) is 37.6 Å². The number of aliphatic hydroxyl groups excluding tert-OH is 2. The molecule has 6 heteroatoms. The second kappa shape index (κ2) is 6.07. The van der Waals surface area contributed by atoms with Gasteiger partial charge in [0, 0.05) is 13.1 Å². The van der Waals surface area contributed by atoms with Gasteiger partial charge in [0.05, 0.1) is 18.8 Å². The van der Waals surface area contributed by atoms with Crippen LogP contribution < -0.4 is 0 Å². The molecule has 0 fully saturated rings. The van der Waals surface area contributed by atoms with E-state index in [2.05, 4.69) is 0 Å². The van der Waals surface area contributed by atoms with E-state index < -0.39 is 11.7 Å². The Morgan fingerprint density at radius 3 is 2.24 bits per heavy atom. The zero-order valence-electron chi connectivity index (χ0n) is 9.20.